The first-order chi connectivity index (χ1) is 13.1. The van der Waals surface area contributed by atoms with E-state index in [0.717, 1.165) is 43.2 Å². The van der Waals surface area contributed by atoms with E-state index in [2.05, 4.69) is 22.6 Å². The van der Waals surface area contributed by atoms with Crippen molar-refractivity contribution in [1.29, 1.82) is 0 Å². The third-order valence-corrected chi connectivity index (χ3v) is 5.53. The van der Waals surface area contributed by atoms with Crippen molar-refractivity contribution < 1.29 is 13.9 Å². The molecule has 1 amide bonds. The number of aryl methyl sites for hydroxylation is 1. The molecule has 1 aliphatic heterocycles. The summed E-state index contributed by atoms with van der Waals surface area (Å²) in [6.07, 6.45) is 3.98. The van der Waals surface area contributed by atoms with Crippen LogP contribution in [0.15, 0.2) is 29.6 Å². The fourth-order valence-corrected chi connectivity index (χ4v) is 3.96. The van der Waals surface area contributed by atoms with E-state index in [4.69, 9.17) is 4.74 Å². The maximum absolute atomic E-state index is 12.8. The molecule has 1 aromatic heterocycles. The SMILES string of the molecule is CCc1csc(NC2CCN(C(=O)CCCOc3ccc(F)cc3)CC2)n1. The first-order valence-corrected chi connectivity index (χ1v) is 10.4. The zero-order valence-corrected chi connectivity index (χ0v) is 16.4. The molecule has 2 heterocycles. The number of aromatic nitrogens is 1. The predicted octanol–water partition coefficient (Wildman–Crippen LogP) is 4.11. The highest BCUT2D eigenvalue weighted by molar-refractivity contribution is 7.13. The summed E-state index contributed by atoms with van der Waals surface area (Å²) in [5.41, 5.74) is 1.12. The van der Waals surface area contributed by atoms with Gasteiger partial charge >= 0.3 is 0 Å². The van der Waals surface area contributed by atoms with Gasteiger partial charge in [0.15, 0.2) is 5.13 Å². The van der Waals surface area contributed by atoms with Gasteiger partial charge in [0.1, 0.15) is 11.6 Å². The van der Waals surface area contributed by atoms with Crippen LogP contribution >= 0.6 is 11.3 Å². The number of benzene rings is 1. The number of anilines is 1. The molecule has 27 heavy (non-hydrogen) atoms. The molecule has 1 fully saturated rings. The first-order valence-electron chi connectivity index (χ1n) is 9.51. The third-order valence-electron chi connectivity index (χ3n) is 4.71. The fraction of sp³-hybridized carbons (Fsp3) is 0.500. The minimum absolute atomic E-state index is 0.179. The monoisotopic (exact) mass is 391 g/mol. The Kier molecular flexibility index (Phi) is 7.04. The van der Waals surface area contributed by atoms with E-state index in [-0.39, 0.29) is 11.7 Å². The van der Waals surface area contributed by atoms with Crippen molar-refractivity contribution in [1.82, 2.24) is 9.88 Å². The van der Waals surface area contributed by atoms with Crippen LogP contribution in [0.1, 0.15) is 38.3 Å². The van der Waals surface area contributed by atoms with Crippen LogP contribution in [-0.2, 0) is 11.2 Å². The van der Waals surface area contributed by atoms with E-state index in [0.29, 0.717) is 31.2 Å². The van der Waals surface area contributed by atoms with Gasteiger partial charge in [-0.2, -0.15) is 0 Å². The van der Waals surface area contributed by atoms with Gasteiger partial charge in [-0.1, -0.05) is 6.92 Å². The number of hydrogen-bond acceptors (Lipinski definition) is 5. The van der Waals surface area contributed by atoms with Crippen LogP contribution in [0, 0.1) is 5.82 Å². The number of piperidine rings is 1. The molecule has 0 spiro atoms. The molecule has 5 nitrogen and oxygen atoms in total. The number of nitrogens with one attached hydrogen (secondary N) is 1. The fourth-order valence-electron chi connectivity index (χ4n) is 3.09. The number of amides is 1. The molecular formula is C20H26FN3O2S. The highest BCUT2D eigenvalue weighted by atomic mass is 32.1. The number of nitrogens with zero attached hydrogens (tertiary/aromatic N) is 2. The molecule has 7 heteroatoms. The maximum atomic E-state index is 12.8. The molecule has 0 saturated carbocycles. The van der Waals surface area contributed by atoms with Crippen LogP contribution in [0.5, 0.6) is 5.75 Å². The minimum Gasteiger partial charge on any atom is -0.494 e. The lowest BCUT2D eigenvalue weighted by molar-refractivity contribution is -0.132. The average molecular weight is 392 g/mol. The zero-order chi connectivity index (χ0) is 19.1. The Morgan fingerprint density at radius 1 is 1.33 bits per heavy atom. The van der Waals surface area contributed by atoms with Crippen LogP contribution in [0.25, 0.3) is 0 Å². The second kappa shape index (κ2) is 9.69. The molecule has 1 N–H and O–H groups in total. The van der Waals surface area contributed by atoms with Crippen molar-refractivity contribution in [2.24, 2.45) is 0 Å². The van der Waals surface area contributed by atoms with Crippen molar-refractivity contribution >= 4 is 22.4 Å². The predicted molar refractivity (Wildman–Crippen MR) is 106 cm³/mol. The standard InChI is InChI=1S/C20H26FN3O2S/c1-2-16-14-27-20(22-16)23-17-9-11-24(12-10-17)19(25)4-3-13-26-18-7-5-15(21)6-8-18/h5-8,14,17H,2-4,9-13H2,1H3,(H,22,23). The summed E-state index contributed by atoms with van der Waals surface area (Å²) in [5, 5.41) is 6.57. The molecule has 1 aliphatic rings. The molecule has 2 aromatic rings. The quantitative estimate of drug-likeness (QED) is 0.688. The lowest BCUT2D eigenvalue weighted by Crippen LogP contribution is -2.42. The largest absolute Gasteiger partial charge is 0.494 e. The van der Waals surface area contributed by atoms with Crippen LogP contribution in [0.3, 0.4) is 0 Å². The Hall–Kier alpha value is -2.15. The van der Waals surface area contributed by atoms with Gasteiger partial charge in [-0.25, -0.2) is 9.37 Å². The Labute approximate surface area is 163 Å². The summed E-state index contributed by atoms with van der Waals surface area (Å²) in [6, 6.07) is 6.31. The second-order valence-electron chi connectivity index (χ2n) is 6.70. The number of likely N-dealkylation sites (tertiary alicyclic amines) is 1. The normalized spacial score (nSPS) is 15.0. The molecule has 0 bridgehead atoms. The molecule has 0 radical (unpaired) electrons. The topological polar surface area (TPSA) is 54.5 Å². The molecule has 0 atom stereocenters. The molecule has 3 rings (SSSR count). The number of carbonyl (C=O) groups is 1. The number of halogens is 1. The number of ether oxygens (including phenoxy) is 1. The van der Waals surface area contributed by atoms with Gasteiger partial charge in [0, 0.05) is 30.9 Å². The van der Waals surface area contributed by atoms with Gasteiger partial charge in [-0.05, 0) is 49.9 Å². The van der Waals surface area contributed by atoms with Gasteiger partial charge in [-0.15, -0.1) is 11.3 Å². The Bertz CT molecular complexity index is 727. The van der Waals surface area contributed by atoms with E-state index < -0.39 is 0 Å². The molecule has 0 aliphatic carbocycles. The number of rotatable bonds is 8. The van der Waals surface area contributed by atoms with E-state index in [9.17, 15) is 9.18 Å². The molecule has 146 valence electrons. The number of thiazole rings is 1. The molecule has 0 unspecified atom stereocenters. The van der Waals surface area contributed by atoms with E-state index in [1.54, 1.807) is 23.5 Å². The van der Waals surface area contributed by atoms with Crippen molar-refractivity contribution in [3.8, 4) is 5.75 Å². The zero-order valence-electron chi connectivity index (χ0n) is 15.6. The van der Waals surface area contributed by atoms with Gasteiger partial charge < -0.3 is 15.0 Å². The van der Waals surface area contributed by atoms with Crippen LogP contribution in [0.2, 0.25) is 0 Å². The Morgan fingerprint density at radius 3 is 2.74 bits per heavy atom. The molecule has 1 saturated heterocycles. The number of carbonyl (C=O) groups excluding carboxylic acids is 1. The maximum Gasteiger partial charge on any atom is 0.222 e. The van der Waals surface area contributed by atoms with Gasteiger partial charge in [0.05, 0.1) is 12.3 Å². The van der Waals surface area contributed by atoms with Crippen molar-refractivity contribution in [2.45, 2.75) is 45.1 Å². The van der Waals surface area contributed by atoms with E-state index in [1.165, 1.54) is 12.1 Å². The summed E-state index contributed by atoms with van der Waals surface area (Å²) in [4.78, 5) is 18.8. The van der Waals surface area contributed by atoms with Crippen LogP contribution in [-0.4, -0.2) is 41.5 Å². The number of hydrogen-bond donors (Lipinski definition) is 1. The molecular weight excluding hydrogens is 365 g/mol. The summed E-state index contributed by atoms with van der Waals surface area (Å²) in [6.45, 7) is 4.12. The first kappa shape index (κ1) is 19.6. The lowest BCUT2D eigenvalue weighted by atomic mass is 10.0. The summed E-state index contributed by atoms with van der Waals surface area (Å²) >= 11 is 1.65. The van der Waals surface area contributed by atoms with Gasteiger partial charge in [0.25, 0.3) is 0 Å². The van der Waals surface area contributed by atoms with Crippen molar-refractivity contribution in [3.05, 3.63) is 41.2 Å². The highest BCUT2D eigenvalue weighted by Crippen LogP contribution is 2.21. The Morgan fingerprint density at radius 2 is 2.07 bits per heavy atom. The Balaban J connectivity index is 1.32. The molecule has 1 aromatic carbocycles. The highest BCUT2D eigenvalue weighted by Gasteiger charge is 2.23. The summed E-state index contributed by atoms with van der Waals surface area (Å²) < 4.78 is 18.4. The second-order valence-corrected chi connectivity index (χ2v) is 7.56. The summed E-state index contributed by atoms with van der Waals surface area (Å²) in [5.74, 6) is 0.527. The van der Waals surface area contributed by atoms with Crippen molar-refractivity contribution in [2.75, 3.05) is 25.0 Å². The average Bonchev–Trinajstić information content (AvgIpc) is 3.14. The van der Waals surface area contributed by atoms with Crippen molar-refractivity contribution in [3.63, 3.8) is 0 Å². The van der Waals surface area contributed by atoms with Crippen LogP contribution in [0.4, 0.5) is 9.52 Å². The van der Waals surface area contributed by atoms with E-state index >= 15 is 0 Å². The third kappa shape index (κ3) is 5.92. The van der Waals surface area contributed by atoms with E-state index in [1.807, 2.05) is 4.90 Å². The lowest BCUT2D eigenvalue weighted by Gasteiger charge is -2.32. The summed E-state index contributed by atoms with van der Waals surface area (Å²) in [7, 11) is 0. The minimum atomic E-state index is -0.281. The van der Waals surface area contributed by atoms with Crippen LogP contribution < -0.4 is 10.1 Å². The van der Waals surface area contributed by atoms with Gasteiger partial charge in [0.2, 0.25) is 5.91 Å². The van der Waals surface area contributed by atoms with Gasteiger partial charge in [-0.3, -0.25) is 4.79 Å². The smallest absolute Gasteiger partial charge is 0.222 e.